The standard InChI is InChI=1S/C13H16N2O3/c1-14(11-5-3-2-4-6-11)8-7-12(16)15-9-10-18-13(15)17/h2-6H,7-10H2,1H3. The Morgan fingerprint density at radius 1 is 1.39 bits per heavy atom. The summed E-state index contributed by atoms with van der Waals surface area (Å²) < 4.78 is 4.73. The van der Waals surface area contributed by atoms with Gasteiger partial charge in [-0.25, -0.2) is 9.69 Å². The van der Waals surface area contributed by atoms with Crippen molar-refractivity contribution in [2.45, 2.75) is 6.42 Å². The molecular formula is C13H16N2O3. The van der Waals surface area contributed by atoms with Crippen LogP contribution in [0.3, 0.4) is 0 Å². The van der Waals surface area contributed by atoms with Gasteiger partial charge in [-0.3, -0.25) is 4.79 Å². The largest absolute Gasteiger partial charge is 0.447 e. The fourth-order valence-corrected chi connectivity index (χ4v) is 1.83. The van der Waals surface area contributed by atoms with Crippen molar-refractivity contribution in [3.8, 4) is 0 Å². The smallest absolute Gasteiger partial charge is 0.416 e. The third kappa shape index (κ3) is 2.80. The number of carbonyl (C=O) groups excluding carboxylic acids is 2. The lowest BCUT2D eigenvalue weighted by Gasteiger charge is -2.19. The molecule has 0 saturated carbocycles. The van der Waals surface area contributed by atoms with Crippen LogP contribution < -0.4 is 4.90 Å². The molecular weight excluding hydrogens is 232 g/mol. The lowest BCUT2D eigenvalue weighted by Crippen LogP contribution is -2.34. The normalized spacial score (nSPS) is 14.5. The quantitative estimate of drug-likeness (QED) is 0.810. The van der Waals surface area contributed by atoms with Gasteiger partial charge in [-0.2, -0.15) is 0 Å². The van der Waals surface area contributed by atoms with Gasteiger partial charge in [0.15, 0.2) is 0 Å². The molecule has 2 amide bonds. The molecule has 1 aromatic rings. The Labute approximate surface area is 106 Å². The van der Waals surface area contributed by atoms with Crippen LogP contribution in [0.25, 0.3) is 0 Å². The molecule has 0 atom stereocenters. The molecule has 0 radical (unpaired) electrons. The Morgan fingerprint density at radius 2 is 2.11 bits per heavy atom. The van der Waals surface area contributed by atoms with Gasteiger partial charge in [0.05, 0.1) is 6.54 Å². The Morgan fingerprint density at radius 3 is 2.72 bits per heavy atom. The molecule has 1 aliphatic heterocycles. The number of imide groups is 1. The fraction of sp³-hybridized carbons (Fsp3) is 0.385. The molecule has 0 N–H and O–H groups in total. The minimum Gasteiger partial charge on any atom is -0.447 e. The minimum absolute atomic E-state index is 0.180. The zero-order valence-electron chi connectivity index (χ0n) is 10.3. The van der Waals surface area contributed by atoms with Gasteiger partial charge in [-0.1, -0.05) is 18.2 Å². The number of cyclic esters (lactones) is 1. The zero-order chi connectivity index (χ0) is 13.0. The summed E-state index contributed by atoms with van der Waals surface area (Å²) in [6.07, 6.45) is -0.220. The number of hydrogen-bond acceptors (Lipinski definition) is 4. The second-order valence-electron chi connectivity index (χ2n) is 4.17. The molecule has 5 heteroatoms. The number of anilines is 1. The van der Waals surface area contributed by atoms with E-state index in [1.54, 1.807) is 0 Å². The second kappa shape index (κ2) is 5.53. The topological polar surface area (TPSA) is 49.9 Å². The summed E-state index contributed by atoms with van der Waals surface area (Å²) in [5.41, 5.74) is 1.05. The number of hydrogen-bond donors (Lipinski definition) is 0. The first kappa shape index (κ1) is 12.4. The summed E-state index contributed by atoms with van der Waals surface area (Å²) in [5, 5.41) is 0. The highest BCUT2D eigenvalue weighted by Crippen LogP contribution is 2.12. The summed E-state index contributed by atoms with van der Waals surface area (Å²) in [6, 6.07) is 9.81. The second-order valence-corrected chi connectivity index (χ2v) is 4.17. The van der Waals surface area contributed by atoms with Crippen LogP contribution in [-0.4, -0.2) is 43.6 Å². The number of amides is 2. The van der Waals surface area contributed by atoms with Crippen molar-refractivity contribution in [3.63, 3.8) is 0 Å². The van der Waals surface area contributed by atoms with Gasteiger partial charge in [-0.05, 0) is 12.1 Å². The maximum absolute atomic E-state index is 11.8. The minimum atomic E-state index is -0.526. The summed E-state index contributed by atoms with van der Waals surface area (Å²) in [5.74, 6) is -0.180. The van der Waals surface area contributed by atoms with E-state index in [9.17, 15) is 9.59 Å². The Kier molecular flexibility index (Phi) is 3.82. The van der Waals surface area contributed by atoms with Gasteiger partial charge in [0.2, 0.25) is 5.91 Å². The van der Waals surface area contributed by atoms with Gasteiger partial charge in [0.25, 0.3) is 0 Å². The van der Waals surface area contributed by atoms with Gasteiger partial charge < -0.3 is 9.64 Å². The van der Waals surface area contributed by atoms with Crippen molar-refractivity contribution in [2.75, 3.05) is 31.6 Å². The van der Waals surface area contributed by atoms with Crippen LogP contribution in [0.1, 0.15) is 6.42 Å². The summed E-state index contributed by atoms with van der Waals surface area (Å²) >= 11 is 0. The van der Waals surface area contributed by atoms with E-state index in [2.05, 4.69) is 0 Å². The van der Waals surface area contributed by atoms with E-state index in [0.717, 1.165) is 5.69 Å². The fourth-order valence-electron chi connectivity index (χ4n) is 1.83. The van der Waals surface area contributed by atoms with E-state index >= 15 is 0 Å². The van der Waals surface area contributed by atoms with Crippen LogP contribution in [0, 0.1) is 0 Å². The lowest BCUT2D eigenvalue weighted by atomic mass is 10.2. The monoisotopic (exact) mass is 248 g/mol. The van der Waals surface area contributed by atoms with Crippen LogP contribution in [0.15, 0.2) is 30.3 Å². The first-order valence-electron chi connectivity index (χ1n) is 5.92. The highest BCUT2D eigenvalue weighted by Gasteiger charge is 2.27. The van der Waals surface area contributed by atoms with Gasteiger partial charge in [0.1, 0.15) is 6.61 Å². The summed E-state index contributed by atoms with van der Waals surface area (Å²) in [6.45, 7) is 1.25. The van der Waals surface area contributed by atoms with Crippen LogP contribution in [0.5, 0.6) is 0 Å². The van der Waals surface area contributed by atoms with Gasteiger partial charge in [-0.15, -0.1) is 0 Å². The predicted molar refractivity (Wildman–Crippen MR) is 67.4 cm³/mol. The highest BCUT2D eigenvalue weighted by molar-refractivity contribution is 5.93. The maximum atomic E-state index is 11.8. The number of nitrogens with zero attached hydrogens (tertiary/aromatic N) is 2. The predicted octanol–water partition coefficient (Wildman–Crippen LogP) is 1.49. The third-order valence-electron chi connectivity index (χ3n) is 2.92. The van der Waals surface area contributed by atoms with E-state index in [-0.39, 0.29) is 5.91 Å². The van der Waals surface area contributed by atoms with Crippen LogP contribution >= 0.6 is 0 Å². The van der Waals surface area contributed by atoms with E-state index in [1.165, 1.54) is 4.90 Å². The molecule has 1 fully saturated rings. The average Bonchev–Trinajstić information content (AvgIpc) is 2.83. The molecule has 1 heterocycles. The molecule has 1 aliphatic rings. The Balaban J connectivity index is 1.84. The molecule has 5 nitrogen and oxygen atoms in total. The molecule has 1 aromatic carbocycles. The summed E-state index contributed by atoms with van der Waals surface area (Å²) in [7, 11) is 1.92. The number of benzene rings is 1. The van der Waals surface area contributed by atoms with E-state index in [4.69, 9.17) is 4.74 Å². The lowest BCUT2D eigenvalue weighted by molar-refractivity contribution is -0.127. The molecule has 0 bridgehead atoms. The molecule has 0 unspecified atom stereocenters. The SMILES string of the molecule is CN(CCC(=O)N1CCOC1=O)c1ccccc1. The first-order valence-corrected chi connectivity index (χ1v) is 5.92. The van der Waals surface area contributed by atoms with Crippen molar-refractivity contribution < 1.29 is 14.3 Å². The molecule has 96 valence electrons. The zero-order valence-corrected chi connectivity index (χ0v) is 10.3. The van der Waals surface area contributed by atoms with Crippen LogP contribution in [0.4, 0.5) is 10.5 Å². The number of para-hydroxylation sites is 1. The van der Waals surface area contributed by atoms with Crippen molar-refractivity contribution in [1.82, 2.24) is 4.90 Å². The van der Waals surface area contributed by atoms with Gasteiger partial charge >= 0.3 is 6.09 Å². The average molecular weight is 248 g/mol. The summed E-state index contributed by atoms with van der Waals surface area (Å²) in [4.78, 5) is 26.1. The van der Waals surface area contributed by atoms with Crippen molar-refractivity contribution in [1.29, 1.82) is 0 Å². The van der Waals surface area contributed by atoms with Crippen LogP contribution in [-0.2, 0) is 9.53 Å². The van der Waals surface area contributed by atoms with Crippen molar-refractivity contribution in [3.05, 3.63) is 30.3 Å². The molecule has 0 aromatic heterocycles. The first-order chi connectivity index (χ1) is 8.68. The molecule has 2 rings (SSSR count). The number of ether oxygens (including phenoxy) is 1. The number of rotatable bonds is 4. The van der Waals surface area contributed by atoms with Gasteiger partial charge in [0, 0.05) is 25.7 Å². The highest BCUT2D eigenvalue weighted by atomic mass is 16.6. The Hall–Kier alpha value is -2.04. The van der Waals surface area contributed by atoms with E-state index < -0.39 is 6.09 Å². The van der Waals surface area contributed by atoms with Crippen LogP contribution in [0.2, 0.25) is 0 Å². The molecule has 0 spiro atoms. The van der Waals surface area contributed by atoms with E-state index in [0.29, 0.717) is 26.1 Å². The number of carbonyl (C=O) groups is 2. The van der Waals surface area contributed by atoms with E-state index in [1.807, 2.05) is 42.3 Å². The van der Waals surface area contributed by atoms with Crippen molar-refractivity contribution >= 4 is 17.7 Å². The molecule has 18 heavy (non-hydrogen) atoms. The molecule has 0 aliphatic carbocycles. The third-order valence-corrected chi connectivity index (χ3v) is 2.92. The maximum Gasteiger partial charge on any atom is 0.416 e. The van der Waals surface area contributed by atoms with Crippen molar-refractivity contribution in [2.24, 2.45) is 0 Å². The Bertz CT molecular complexity index is 433. The molecule has 1 saturated heterocycles.